The number of aliphatic hydroxyl groups excluding tert-OH is 1. The summed E-state index contributed by atoms with van der Waals surface area (Å²) in [4.78, 5) is 128. The predicted octanol–water partition coefficient (Wildman–Crippen LogP) is 8.39. The summed E-state index contributed by atoms with van der Waals surface area (Å²) in [6.45, 7) is 5.15. The van der Waals surface area contributed by atoms with Crippen LogP contribution in [0.5, 0.6) is 0 Å². The van der Waals surface area contributed by atoms with Gasteiger partial charge in [-0.05, 0) is 37.0 Å². The van der Waals surface area contributed by atoms with Crippen molar-refractivity contribution >= 4 is 115 Å². The second-order valence-electron chi connectivity index (χ2n) is 18.8. The number of pyridine rings is 1. The van der Waals surface area contributed by atoms with Crippen molar-refractivity contribution in [3.05, 3.63) is 111 Å². The molecule has 0 spiro atoms. The van der Waals surface area contributed by atoms with Gasteiger partial charge in [0, 0.05) is 71.3 Å². The first-order valence-electron chi connectivity index (χ1n) is 25.1. The van der Waals surface area contributed by atoms with Crippen LogP contribution in [0.1, 0.15) is 132 Å². The van der Waals surface area contributed by atoms with E-state index in [4.69, 9.17) is 39.7 Å². The Morgan fingerprint density at radius 3 is 2.20 bits per heavy atom. The molecule has 22 nitrogen and oxygen atoms in total. The summed E-state index contributed by atoms with van der Waals surface area (Å²) in [5.41, 5.74) is 2.82. The number of hydrogen-bond donors (Lipinski definition) is 7. The van der Waals surface area contributed by atoms with Crippen LogP contribution in [-0.2, 0) is 30.5 Å². The number of ether oxygens (including phenoxy) is 1. The molecule has 0 aliphatic carbocycles. The lowest BCUT2D eigenvalue weighted by molar-refractivity contribution is -0.137. The van der Waals surface area contributed by atoms with Crippen LogP contribution in [0.15, 0.2) is 64.0 Å². The van der Waals surface area contributed by atoms with Crippen molar-refractivity contribution < 1.29 is 48.5 Å². The molecular weight excluding hydrogens is 1160 g/mol. The lowest BCUT2D eigenvalue weighted by Crippen LogP contribution is -2.40. The molecule has 420 valence electrons. The fraction of sp³-hybridized carbons (Fsp3) is 0.321. The number of aryl methyl sites for hydroxylation is 1. The molecule has 4 atom stereocenters. The monoisotopic (exact) mass is 1210 g/mol. The van der Waals surface area contributed by atoms with Crippen molar-refractivity contribution in [2.24, 2.45) is 5.92 Å². The number of nitrogens with one attached hydrogen (secondary N) is 5. The van der Waals surface area contributed by atoms with E-state index in [0.29, 0.717) is 73.7 Å². The molecule has 8 heterocycles. The largest absolute Gasteiger partial charge is 0.481 e. The fourth-order valence-electron chi connectivity index (χ4n) is 8.50. The van der Waals surface area contributed by atoms with E-state index in [2.05, 4.69) is 31.6 Å². The lowest BCUT2D eigenvalue weighted by Gasteiger charge is -2.23. The number of amides is 5. The zero-order valence-corrected chi connectivity index (χ0v) is 48.8. The Morgan fingerprint density at radius 2 is 1.44 bits per heavy atom. The van der Waals surface area contributed by atoms with Gasteiger partial charge in [-0.2, -0.15) is 0 Å². The second kappa shape index (κ2) is 26.0. The van der Waals surface area contributed by atoms with Crippen LogP contribution >= 0.6 is 68.0 Å². The third-order valence-electron chi connectivity index (χ3n) is 12.7. The van der Waals surface area contributed by atoms with Gasteiger partial charge in [0.05, 0.1) is 41.2 Å². The quantitative estimate of drug-likeness (QED) is 0.0570. The molecule has 8 aromatic rings. The molecule has 5 amide bonds. The fourth-order valence-corrected chi connectivity index (χ4v) is 14.1. The molecule has 1 aromatic carbocycles. The van der Waals surface area contributed by atoms with Crippen molar-refractivity contribution in [2.75, 3.05) is 26.0 Å². The van der Waals surface area contributed by atoms with Gasteiger partial charge in [-0.15, -0.1) is 68.0 Å². The molecule has 7 aromatic heterocycles. The van der Waals surface area contributed by atoms with E-state index in [0.717, 1.165) is 0 Å². The maximum absolute atomic E-state index is 14.3. The van der Waals surface area contributed by atoms with Crippen molar-refractivity contribution in [1.82, 2.24) is 56.2 Å². The number of fused-ring (bicyclic) bond motifs is 14. The van der Waals surface area contributed by atoms with Gasteiger partial charge in [-0.1, -0.05) is 44.2 Å². The number of anilines is 1. The van der Waals surface area contributed by atoms with Crippen molar-refractivity contribution in [3.8, 4) is 43.4 Å². The second-order valence-corrected chi connectivity index (χ2v) is 24.6. The van der Waals surface area contributed by atoms with Crippen LogP contribution in [0.25, 0.3) is 43.4 Å². The number of carbonyl (C=O) groups is 7. The summed E-state index contributed by atoms with van der Waals surface area (Å²) in [5, 5.41) is 43.9. The van der Waals surface area contributed by atoms with E-state index in [-0.39, 0.29) is 79.2 Å². The zero-order chi connectivity index (χ0) is 57.5. The van der Waals surface area contributed by atoms with Gasteiger partial charge in [0.25, 0.3) is 11.8 Å². The van der Waals surface area contributed by atoms with Crippen LogP contribution in [0.4, 0.5) is 5.82 Å². The summed E-state index contributed by atoms with van der Waals surface area (Å²) in [5.74, 6) is -4.34. The maximum Gasteiger partial charge on any atom is 0.303 e. The number of carboxylic acids is 1. The number of aliphatic carboxylic acids is 1. The first kappa shape index (κ1) is 58.2. The standard InChI is InChI=1S/C53H52N12O10S6/c1-24(2)28-16-34(66)41-25(3)80-52(64-41)30(17-38(68)54-4)57-46(73)32-21-76-48(59-32)27-14-15-29(50-62-36(23-79-50)61-37(67)12-9-13-40(70)71)56-42(27)31-20-77-51(58-31)33-22-78-53(60-33)44(45(72)26-10-7-6-8-11-26)63-39(69)18-55-47(74)43-35(19-75-5)81-49(28)65-43/h6-8,10-11,14-15,20-24,28,30,44-45,72H,9,12-13,16-19H2,1-5H3,(H,54,68)(H,55,74)(H,57,73)(H,61,67)(H,63,69)(H,70,71)/t28-,30+,44+,45+/m1/s1. The number of aliphatic hydroxyl groups is 1. The van der Waals surface area contributed by atoms with Crippen LogP contribution in [0.2, 0.25) is 0 Å². The van der Waals surface area contributed by atoms with E-state index in [1.165, 1.54) is 82.2 Å². The van der Waals surface area contributed by atoms with Crippen molar-refractivity contribution in [2.45, 2.75) is 83.6 Å². The number of thiazole rings is 6. The average Bonchev–Trinajstić information content (AvgIpc) is 4.33. The van der Waals surface area contributed by atoms with Crippen LogP contribution in [0, 0.1) is 12.8 Å². The minimum Gasteiger partial charge on any atom is -0.481 e. The molecule has 0 fully saturated rings. The molecule has 0 unspecified atom stereocenters. The first-order valence-corrected chi connectivity index (χ1v) is 30.3. The molecule has 1 aliphatic rings. The van der Waals surface area contributed by atoms with Gasteiger partial charge in [0.15, 0.2) is 5.78 Å². The minimum atomic E-state index is -1.27. The van der Waals surface area contributed by atoms with E-state index in [1.807, 2.05) is 13.8 Å². The third kappa shape index (κ3) is 13.8. The lowest BCUT2D eigenvalue weighted by atomic mass is 9.90. The highest BCUT2D eigenvalue weighted by molar-refractivity contribution is 7.15. The maximum atomic E-state index is 14.3. The SMILES string of the molecule is CNC(=O)C[C@@H]1NC(=O)c2csc(n2)-c2ccc(-c3nc(NC(=O)CCCC(=O)O)cs3)nc2-c2csc(n2)-c2csc(n2)[C@H]([C@@H](O)c2ccccc2)NC(=O)CNC(=O)c2nc(sc2COC)[C@@H](C(C)C)CC(=O)c2nc1sc2C. The van der Waals surface area contributed by atoms with Crippen molar-refractivity contribution in [1.29, 1.82) is 0 Å². The number of benzene rings is 1. The van der Waals surface area contributed by atoms with Crippen LogP contribution in [0.3, 0.4) is 0 Å². The Morgan fingerprint density at radius 1 is 0.728 bits per heavy atom. The van der Waals surface area contributed by atoms with Gasteiger partial charge in [-0.25, -0.2) is 34.9 Å². The summed E-state index contributed by atoms with van der Waals surface area (Å²) in [6, 6.07) is 10.2. The molecular formula is C53H52N12O10S6. The molecule has 1 aliphatic heterocycles. The minimum absolute atomic E-state index is 0.00888. The highest BCUT2D eigenvalue weighted by Gasteiger charge is 2.33. The van der Waals surface area contributed by atoms with E-state index in [9.17, 15) is 38.7 Å². The number of nitrogens with zero attached hydrogens (tertiary/aromatic N) is 7. The Kier molecular flexibility index (Phi) is 18.7. The Labute approximate surface area is 487 Å². The highest BCUT2D eigenvalue weighted by Crippen LogP contribution is 2.41. The summed E-state index contributed by atoms with van der Waals surface area (Å²) >= 11 is 7.24. The number of ketones is 1. The average molecular weight is 1210 g/mol. The summed E-state index contributed by atoms with van der Waals surface area (Å²) in [6.07, 6.45) is -1.52. The van der Waals surface area contributed by atoms with Gasteiger partial charge in [0.1, 0.15) is 77.2 Å². The molecule has 28 heteroatoms. The Balaban J connectivity index is 1.12. The predicted molar refractivity (Wildman–Crippen MR) is 308 cm³/mol. The number of hydrogen-bond acceptors (Lipinski definition) is 22. The highest BCUT2D eigenvalue weighted by atomic mass is 32.1. The zero-order valence-electron chi connectivity index (χ0n) is 43.9. The molecule has 10 bridgehead atoms. The van der Waals surface area contributed by atoms with Gasteiger partial charge >= 0.3 is 5.97 Å². The molecule has 9 rings (SSSR count). The smallest absolute Gasteiger partial charge is 0.303 e. The normalized spacial score (nSPS) is 16.5. The molecule has 7 N–H and O–H groups in total. The number of carbonyl (C=O) groups excluding carboxylic acids is 6. The first-order chi connectivity index (χ1) is 39.0. The van der Waals surface area contributed by atoms with E-state index < -0.39 is 60.2 Å². The van der Waals surface area contributed by atoms with Crippen LogP contribution in [-0.4, -0.2) is 107 Å². The van der Waals surface area contributed by atoms with E-state index >= 15 is 0 Å². The number of methoxy groups -OCH3 is 1. The number of aromatic nitrogens is 7. The van der Waals surface area contributed by atoms with Crippen LogP contribution < -0.4 is 26.6 Å². The molecule has 0 saturated heterocycles. The molecule has 0 radical (unpaired) electrons. The number of Topliss-reactive ketones (excluding diaryl/α,β-unsaturated/α-hetero) is 1. The van der Waals surface area contributed by atoms with E-state index in [1.54, 1.807) is 70.9 Å². The molecule has 81 heavy (non-hydrogen) atoms. The third-order valence-corrected chi connectivity index (χ3v) is 18.4. The summed E-state index contributed by atoms with van der Waals surface area (Å²) < 4.78 is 5.46. The Hall–Kier alpha value is -7.44. The number of rotatable bonds is 13. The van der Waals surface area contributed by atoms with Gasteiger partial charge in [0.2, 0.25) is 17.7 Å². The van der Waals surface area contributed by atoms with Gasteiger partial charge in [-0.3, -0.25) is 33.6 Å². The Bertz CT molecular complexity index is 3640. The number of carboxylic acid groups (broad SMARTS) is 1. The van der Waals surface area contributed by atoms with Gasteiger partial charge < -0.3 is 41.5 Å². The summed E-state index contributed by atoms with van der Waals surface area (Å²) in [7, 11) is 2.96. The molecule has 0 saturated carbocycles. The van der Waals surface area contributed by atoms with Crippen molar-refractivity contribution in [3.63, 3.8) is 0 Å². The topological polar surface area (TPSA) is 320 Å².